The third-order valence-electron chi connectivity index (χ3n) is 20.2. The Bertz CT molecular complexity index is 2220. The molecule has 0 aromatic carbocycles. The van der Waals surface area contributed by atoms with E-state index in [1.165, 1.54) is 135 Å². The van der Waals surface area contributed by atoms with Crippen LogP contribution in [0.3, 0.4) is 0 Å². The number of carbonyl (C=O) groups excluding carboxylic acids is 2. The van der Waals surface area contributed by atoms with Crippen LogP contribution in [-0.2, 0) is 57.0 Å². The Kier molecular flexibility index (Phi) is 44.6. The molecule has 0 aromatic rings. The highest BCUT2D eigenvalue weighted by Crippen LogP contribution is 2.36. The van der Waals surface area contributed by atoms with E-state index in [4.69, 9.17) is 47.4 Å². The van der Waals surface area contributed by atoms with Crippen molar-refractivity contribution in [3.05, 3.63) is 12.2 Å². The third kappa shape index (κ3) is 29.6. The summed E-state index contributed by atoms with van der Waals surface area (Å²) < 4.78 is 58.7. The number of ether oxygens (including phenoxy) is 10. The summed E-state index contributed by atoms with van der Waals surface area (Å²) in [6, 6.07) is -2.71. The molecule has 5 saturated heterocycles. The number of allylic oxidation sites excluding steroid dienone is 1. The van der Waals surface area contributed by atoms with Crippen LogP contribution in [0.2, 0.25) is 0 Å². The molecule has 0 aliphatic carbocycles. The number of hydrogen-bond donors (Lipinski definition) is 18. The van der Waals surface area contributed by atoms with Crippen LogP contribution in [0.4, 0.5) is 0 Å². The van der Waals surface area contributed by atoms with Crippen LogP contribution in [0.25, 0.3) is 0 Å². The second kappa shape index (κ2) is 50.4. The van der Waals surface area contributed by atoms with Gasteiger partial charge in [0.1, 0.15) is 122 Å². The molecule has 5 heterocycles. The zero-order chi connectivity index (χ0) is 74.5. The summed E-state index contributed by atoms with van der Waals surface area (Å²) in [6.07, 6.45) is -6.03. The maximum absolute atomic E-state index is 13.6. The number of carbonyl (C=O) groups is 2. The van der Waals surface area contributed by atoms with Crippen molar-refractivity contribution in [2.75, 3.05) is 39.6 Å². The zero-order valence-corrected chi connectivity index (χ0v) is 60.7. The Labute approximate surface area is 602 Å². The fraction of sp³-hybridized carbons (Fsp3) is 0.944. The van der Waals surface area contributed by atoms with Crippen molar-refractivity contribution in [3.63, 3.8) is 0 Å². The smallest absolute Gasteiger partial charge is 0.220 e. The number of aliphatic hydroxyl groups excluding tert-OH is 16. The molecule has 0 aromatic heterocycles. The molecule has 5 aliphatic heterocycles. The summed E-state index contributed by atoms with van der Waals surface area (Å²) in [5.41, 5.74) is 0. The van der Waals surface area contributed by atoms with E-state index in [0.29, 0.717) is 12.8 Å². The maximum Gasteiger partial charge on any atom is 0.220 e. The standard InChI is InChI=1S/C72H132N2O28/c1-4-6-8-10-12-14-16-18-19-20-21-22-23-25-27-29-31-33-35-37-52(81)74-45(46(80)36-34-32-30-28-26-24-17-15-13-11-9-7-5-2)42-93-69-63(91)60(88)66(50(41-78)98-69)101-72-64(92)67(102-71-62(90)59(87)55(83)48(39-76)96-71)56(84)51(99-72)43-94-68-53(73-44(3)79)57(85)65(49(40-77)97-68)100-70-61(89)58(86)54(82)47(38-75)95-70/h34,36,45-51,53-72,75-78,80,82-92H,4-33,35,37-43H2,1-3H3,(H,73,79)(H,74,81)/b36-34+/t45-,46+,47?,48?,49?,50?,51?,53?,54-,55-,56-,57+,58-,59-,60+,61?,62?,63?,64?,65+,66+,67-,68+,69+,70-,71+,72-/m0/s1. The van der Waals surface area contributed by atoms with E-state index < -0.39 is 211 Å². The summed E-state index contributed by atoms with van der Waals surface area (Å²) >= 11 is 0. The van der Waals surface area contributed by atoms with Crippen LogP contribution in [0.5, 0.6) is 0 Å². The third-order valence-corrected chi connectivity index (χ3v) is 20.2. The minimum Gasteiger partial charge on any atom is -0.394 e. The van der Waals surface area contributed by atoms with Crippen LogP contribution in [0.1, 0.15) is 226 Å². The van der Waals surface area contributed by atoms with Gasteiger partial charge in [-0.05, 0) is 19.3 Å². The maximum atomic E-state index is 13.6. The fourth-order valence-corrected chi connectivity index (χ4v) is 13.8. The molecule has 5 fully saturated rings. The molecule has 0 bridgehead atoms. The molecule has 18 N–H and O–H groups in total. The van der Waals surface area contributed by atoms with Crippen molar-refractivity contribution in [1.29, 1.82) is 0 Å². The summed E-state index contributed by atoms with van der Waals surface area (Å²) in [6.45, 7) is 0.553. The fourth-order valence-electron chi connectivity index (χ4n) is 13.8. The second-order valence-corrected chi connectivity index (χ2v) is 28.6. The van der Waals surface area contributed by atoms with Gasteiger partial charge in [0, 0.05) is 13.3 Å². The molecule has 30 heteroatoms. The predicted molar refractivity (Wildman–Crippen MR) is 368 cm³/mol. The highest BCUT2D eigenvalue weighted by atomic mass is 16.8. The lowest BCUT2D eigenvalue weighted by Crippen LogP contribution is -2.68. The largest absolute Gasteiger partial charge is 0.394 e. The first-order valence-corrected chi connectivity index (χ1v) is 38.5. The van der Waals surface area contributed by atoms with E-state index in [-0.39, 0.29) is 12.3 Å². The van der Waals surface area contributed by atoms with Gasteiger partial charge >= 0.3 is 0 Å². The molecule has 102 heavy (non-hydrogen) atoms. The zero-order valence-electron chi connectivity index (χ0n) is 60.7. The summed E-state index contributed by atoms with van der Waals surface area (Å²) in [7, 11) is 0. The molecule has 30 nitrogen and oxygen atoms in total. The van der Waals surface area contributed by atoms with E-state index in [9.17, 15) is 91.3 Å². The normalized spacial score (nSPS) is 35.2. The van der Waals surface area contributed by atoms with Crippen molar-refractivity contribution in [3.8, 4) is 0 Å². The monoisotopic (exact) mass is 1470 g/mol. The van der Waals surface area contributed by atoms with Crippen molar-refractivity contribution in [2.45, 2.75) is 392 Å². The van der Waals surface area contributed by atoms with Gasteiger partial charge in [-0.25, -0.2) is 0 Å². The number of nitrogens with one attached hydrogen (secondary N) is 2. The molecular weight excluding hydrogens is 1340 g/mol. The van der Waals surface area contributed by atoms with E-state index in [1.807, 2.05) is 6.08 Å². The van der Waals surface area contributed by atoms with E-state index in [2.05, 4.69) is 24.5 Å². The van der Waals surface area contributed by atoms with Gasteiger partial charge in [0.25, 0.3) is 0 Å². The van der Waals surface area contributed by atoms with Crippen LogP contribution < -0.4 is 10.6 Å². The number of amides is 2. The Morgan fingerprint density at radius 1 is 0.392 bits per heavy atom. The molecule has 2 amide bonds. The van der Waals surface area contributed by atoms with Crippen molar-refractivity contribution in [1.82, 2.24) is 10.6 Å². The molecule has 5 aliphatic rings. The topological polar surface area (TPSA) is 474 Å². The molecule has 0 spiro atoms. The molecule has 598 valence electrons. The van der Waals surface area contributed by atoms with Gasteiger partial charge in [-0.3, -0.25) is 9.59 Å². The lowest BCUT2D eigenvalue weighted by atomic mass is 9.95. The minimum atomic E-state index is -2.20. The summed E-state index contributed by atoms with van der Waals surface area (Å²) in [5, 5.41) is 181. The predicted octanol–water partition coefficient (Wildman–Crippen LogP) is 1.17. The highest BCUT2D eigenvalue weighted by molar-refractivity contribution is 5.76. The van der Waals surface area contributed by atoms with Crippen molar-refractivity contribution >= 4 is 11.8 Å². The van der Waals surface area contributed by atoms with Crippen LogP contribution in [-0.4, -0.2) is 299 Å². The first kappa shape index (κ1) is 90.3. The van der Waals surface area contributed by atoms with E-state index in [1.54, 1.807) is 6.08 Å². The summed E-state index contributed by atoms with van der Waals surface area (Å²) in [5.74, 6) is -1.11. The molecule has 10 unspecified atom stereocenters. The van der Waals surface area contributed by atoms with Gasteiger partial charge in [0.05, 0.1) is 51.8 Å². The molecule has 27 atom stereocenters. The van der Waals surface area contributed by atoms with E-state index >= 15 is 0 Å². The Hall–Kier alpha value is -2.36. The van der Waals surface area contributed by atoms with Gasteiger partial charge in [-0.2, -0.15) is 0 Å². The van der Waals surface area contributed by atoms with Gasteiger partial charge in [0.15, 0.2) is 31.5 Å². The quantitative estimate of drug-likeness (QED) is 0.0300. The number of hydrogen-bond acceptors (Lipinski definition) is 28. The van der Waals surface area contributed by atoms with Gasteiger partial charge in [-0.15, -0.1) is 0 Å². The van der Waals surface area contributed by atoms with Crippen molar-refractivity contribution in [2.24, 2.45) is 0 Å². The first-order chi connectivity index (χ1) is 49.2. The Balaban J connectivity index is 1.23. The van der Waals surface area contributed by atoms with Gasteiger partial charge < -0.3 is 140 Å². The molecular formula is C72H132N2O28. The number of unbranched alkanes of at least 4 members (excludes halogenated alkanes) is 29. The Morgan fingerprint density at radius 2 is 0.765 bits per heavy atom. The average Bonchev–Trinajstić information content (AvgIpc) is 0.776. The van der Waals surface area contributed by atoms with Crippen molar-refractivity contribution < 1.29 is 139 Å². The molecule has 0 radical (unpaired) electrons. The lowest BCUT2D eigenvalue weighted by Gasteiger charge is -2.49. The molecule has 5 rings (SSSR count). The van der Waals surface area contributed by atoms with Crippen LogP contribution in [0, 0.1) is 0 Å². The average molecular weight is 1470 g/mol. The first-order valence-electron chi connectivity index (χ1n) is 38.5. The van der Waals surface area contributed by atoms with Gasteiger partial charge in [0.2, 0.25) is 11.8 Å². The minimum absolute atomic E-state index is 0.178. The van der Waals surface area contributed by atoms with E-state index in [0.717, 1.165) is 58.3 Å². The highest BCUT2D eigenvalue weighted by Gasteiger charge is 2.56. The lowest BCUT2D eigenvalue weighted by molar-refractivity contribution is -0.385. The SMILES string of the molecule is CCCCCCCCCCCCC/C=C/[C@@H](O)[C@H](CO[C@@H]1OC(CO)[C@@H](O[C@@H]2OC(CO[C@@H]3OC(CO)[C@@H](O[C@@H]4OC(CO)[C@H](O)[C@H](O)C4O)[C@H](O)C3NC(C)=O)[C@H](O)[C@H](O[C@H]3OC(CO)[C@H](O)[C@H](O)C3O)C2O)[C@H](O)C1O)NC(=O)CCCCCCCCCCCCCCCCCCCCC. The molecule has 0 saturated carbocycles. The second-order valence-electron chi connectivity index (χ2n) is 28.6. The van der Waals surface area contributed by atoms with Crippen LogP contribution in [0.15, 0.2) is 12.2 Å². The number of aliphatic hydroxyl groups is 16. The summed E-state index contributed by atoms with van der Waals surface area (Å²) in [4.78, 5) is 26.2. The van der Waals surface area contributed by atoms with Crippen LogP contribution >= 0.6 is 0 Å². The van der Waals surface area contributed by atoms with Gasteiger partial charge in [-0.1, -0.05) is 206 Å². The Morgan fingerprint density at radius 3 is 1.21 bits per heavy atom. The number of rotatable bonds is 52.